The zero-order valence-corrected chi connectivity index (χ0v) is 18.6. The lowest BCUT2D eigenvalue weighted by atomic mass is 10.0. The van der Waals surface area contributed by atoms with E-state index >= 15 is 0 Å². The Morgan fingerprint density at radius 2 is 1.87 bits per heavy atom. The van der Waals surface area contributed by atoms with E-state index in [1.807, 2.05) is 20.1 Å². The third-order valence-electron chi connectivity index (χ3n) is 4.92. The number of aliphatic hydroxyl groups excluding tert-OH is 1. The quantitative estimate of drug-likeness (QED) is 0.259. The van der Waals surface area contributed by atoms with E-state index in [4.69, 9.17) is 15.9 Å². The highest BCUT2D eigenvalue weighted by Gasteiger charge is 2.38. The summed E-state index contributed by atoms with van der Waals surface area (Å²) < 4.78 is 0. The molecule has 3 amide bonds. The fourth-order valence-corrected chi connectivity index (χ4v) is 3.81. The number of amides is 3. The fraction of sp³-hybridized carbons (Fsp3) is 0.789. The van der Waals surface area contributed by atoms with E-state index in [-0.39, 0.29) is 11.8 Å². The summed E-state index contributed by atoms with van der Waals surface area (Å²) in [6.07, 6.45) is 3.73. The van der Waals surface area contributed by atoms with Crippen LogP contribution in [0.25, 0.3) is 0 Å². The lowest BCUT2D eigenvalue weighted by molar-refractivity contribution is -0.145. The zero-order valence-electron chi connectivity index (χ0n) is 17.8. The zero-order chi connectivity index (χ0) is 22.8. The molecule has 30 heavy (non-hydrogen) atoms. The van der Waals surface area contributed by atoms with Gasteiger partial charge < -0.3 is 31.5 Å². The summed E-state index contributed by atoms with van der Waals surface area (Å²) in [6, 6.07) is -3.82. The van der Waals surface area contributed by atoms with Crippen LogP contribution in [0.4, 0.5) is 0 Å². The number of carboxylic acids is 1. The maximum absolute atomic E-state index is 13.2. The number of carbonyl (C=O) groups is 4. The molecule has 4 atom stereocenters. The molecule has 1 heterocycles. The number of thioether (sulfide) groups is 1. The van der Waals surface area contributed by atoms with E-state index in [2.05, 4.69) is 10.6 Å². The molecular weight excluding hydrogens is 412 g/mol. The van der Waals surface area contributed by atoms with Crippen molar-refractivity contribution in [3.05, 3.63) is 0 Å². The van der Waals surface area contributed by atoms with Crippen LogP contribution in [0.2, 0.25) is 0 Å². The number of nitrogens with one attached hydrogen (secondary N) is 2. The molecular formula is C19H34N4O6S. The van der Waals surface area contributed by atoms with Crippen LogP contribution in [0.3, 0.4) is 0 Å². The van der Waals surface area contributed by atoms with Crippen LogP contribution in [-0.4, -0.2) is 88.1 Å². The average Bonchev–Trinajstić information content (AvgIpc) is 3.17. The maximum Gasteiger partial charge on any atom is 0.328 e. The minimum atomic E-state index is -1.43. The number of aliphatic carboxylic acids is 1. The van der Waals surface area contributed by atoms with Crippen LogP contribution >= 0.6 is 11.8 Å². The number of hydrogen-bond donors (Lipinski definition) is 5. The van der Waals surface area contributed by atoms with Crippen molar-refractivity contribution in [3.8, 4) is 0 Å². The van der Waals surface area contributed by atoms with Crippen LogP contribution in [0.5, 0.6) is 0 Å². The van der Waals surface area contributed by atoms with Gasteiger partial charge in [-0.05, 0) is 43.6 Å². The molecule has 0 aliphatic carbocycles. The number of carboxylic acid groups (broad SMARTS) is 1. The predicted octanol–water partition coefficient (Wildman–Crippen LogP) is -0.850. The Labute approximate surface area is 181 Å². The number of hydrogen-bond acceptors (Lipinski definition) is 7. The molecule has 0 aromatic carbocycles. The van der Waals surface area contributed by atoms with Gasteiger partial charge in [-0.2, -0.15) is 11.8 Å². The van der Waals surface area contributed by atoms with E-state index in [9.17, 15) is 19.2 Å². The number of rotatable bonds is 12. The molecule has 10 nitrogen and oxygen atoms in total. The van der Waals surface area contributed by atoms with Crippen LogP contribution in [0.15, 0.2) is 0 Å². The van der Waals surface area contributed by atoms with E-state index in [1.54, 1.807) is 0 Å². The van der Waals surface area contributed by atoms with Crippen molar-refractivity contribution in [1.82, 2.24) is 15.5 Å². The first-order chi connectivity index (χ1) is 14.1. The monoisotopic (exact) mass is 446 g/mol. The highest BCUT2D eigenvalue weighted by molar-refractivity contribution is 7.98. The average molecular weight is 447 g/mol. The number of nitrogens with zero attached hydrogens (tertiary/aromatic N) is 1. The SMILES string of the molecule is CSCCC(NC(=O)C(N)CC(C)C)C(=O)N1CCCC1C(=O)NC(CO)C(=O)O. The summed E-state index contributed by atoms with van der Waals surface area (Å²) in [6.45, 7) is 3.49. The first-order valence-electron chi connectivity index (χ1n) is 10.1. The Morgan fingerprint density at radius 3 is 2.40 bits per heavy atom. The molecule has 0 aromatic rings. The van der Waals surface area contributed by atoms with Gasteiger partial charge in [-0.25, -0.2) is 4.79 Å². The molecule has 6 N–H and O–H groups in total. The number of carbonyl (C=O) groups excluding carboxylic acids is 3. The molecule has 0 saturated carbocycles. The molecule has 1 aliphatic rings. The van der Waals surface area contributed by atoms with Gasteiger partial charge in [0.15, 0.2) is 0 Å². The first kappa shape index (κ1) is 26.2. The van der Waals surface area contributed by atoms with Gasteiger partial charge in [0.25, 0.3) is 0 Å². The molecule has 1 fully saturated rings. The Balaban J connectivity index is 2.89. The Hall–Kier alpha value is -1.85. The topological polar surface area (TPSA) is 162 Å². The lowest BCUT2D eigenvalue weighted by Crippen LogP contribution is -2.57. The molecule has 11 heteroatoms. The molecule has 172 valence electrons. The van der Waals surface area contributed by atoms with Gasteiger partial charge in [0, 0.05) is 6.54 Å². The standard InChI is InChI=1S/C19H34N4O6S/c1-11(2)9-12(20)16(25)21-13(6-8-30-3)18(27)23-7-4-5-15(23)17(26)22-14(10-24)19(28)29/h11-15,24H,4-10,20H2,1-3H3,(H,21,25)(H,22,26)(H,28,29). The summed E-state index contributed by atoms with van der Waals surface area (Å²) >= 11 is 1.53. The highest BCUT2D eigenvalue weighted by Crippen LogP contribution is 2.20. The van der Waals surface area contributed by atoms with Crippen LogP contribution in [0.1, 0.15) is 39.5 Å². The van der Waals surface area contributed by atoms with E-state index in [1.165, 1.54) is 16.7 Å². The van der Waals surface area contributed by atoms with E-state index in [0.717, 1.165) is 0 Å². The summed E-state index contributed by atoms with van der Waals surface area (Å²) in [7, 11) is 0. The normalized spacial score (nSPS) is 19.3. The second-order valence-electron chi connectivity index (χ2n) is 7.85. The van der Waals surface area contributed by atoms with Gasteiger partial charge in [-0.1, -0.05) is 13.8 Å². The highest BCUT2D eigenvalue weighted by atomic mass is 32.2. The molecule has 0 spiro atoms. The summed E-state index contributed by atoms with van der Waals surface area (Å²) in [5.41, 5.74) is 5.94. The van der Waals surface area contributed by atoms with Gasteiger partial charge in [0.1, 0.15) is 18.1 Å². The van der Waals surface area contributed by atoms with Gasteiger partial charge >= 0.3 is 5.97 Å². The minimum Gasteiger partial charge on any atom is -0.480 e. The molecule has 1 aliphatic heterocycles. The number of nitrogens with two attached hydrogens (primary N) is 1. The second kappa shape index (κ2) is 12.8. The molecule has 4 unspecified atom stereocenters. The molecule has 1 saturated heterocycles. The van der Waals surface area contributed by atoms with Crippen molar-refractivity contribution in [2.75, 3.05) is 25.2 Å². The Kier molecular flexibility index (Phi) is 11.1. The largest absolute Gasteiger partial charge is 0.480 e. The van der Waals surface area contributed by atoms with Crippen molar-refractivity contribution < 1.29 is 29.4 Å². The van der Waals surface area contributed by atoms with Gasteiger partial charge in [-0.15, -0.1) is 0 Å². The molecule has 1 rings (SSSR count). The van der Waals surface area contributed by atoms with Crippen molar-refractivity contribution in [1.29, 1.82) is 0 Å². The van der Waals surface area contributed by atoms with Crippen molar-refractivity contribution in [3.63, 3.8) is 0 Å². The smallest absolute Gasteiger partial charge is 0.328 e. The maximum atomic E-state index is 13.2. The predicted molar refractivity (Wildman–Crippen MR) is 114 cm³/mol. The van der Waals surface area contributed by atoms with Crippen LogP contribution in [0, 0.1) is 5.92 Å². The van der Waals surface area contributed by atoms with Crippen molar-refractivity contribution >= 4 is 35.5 Å². The third kappa shape index (κ3) is 7.77. The van der Waals surface area contributed by atoms with E-state index < -0.39 is 48.6 Å². The van der Waals surface area contributed by atoms with Gasteiger partial charge in [0.2, 0.25) is 17.7 Å². The first-order valence-corrected chi connectivity index (χ1v) is 11.5. The number of likely N-dealkylation sites (tertiary alicyclic amines) is 1. The Bertz CT molecular complexity index is 618. The van der Waals surface area contributed by atoms with Crippen LogP contribution in [-0.2, 0) is 19.2 Å². The van der Waals surface area contributed by atoms with Gasteiger partial charge in [0.05, 0.1) is 12.6 Å². The third-order valence-corrected chi connectivity index (χ3v) is 5.57. The molecule has 0 bridgehead atoms. The lowest BCUT2D eigenvalue weighted by Gasteiger charge is -2.30. The number of aliphatic hydroxyl groups is 1. The van der Waals surface area contributed by atoms with Crippen molar-refractivity contribution in [2.24, 2.45) is 11.7 Å². The molecule has 0 aromatic heterocycles. The fourth-order valence-electron chi connectivity index (χ4n) is 3.34. The minimum absolute atomic E-state index is 0.228. The Morgan fingerprint density at radius 1 is 1.20 bits per heavy atom. The summed E-state index contributed by atoms with van der Waals surface area (Å²) in [4.78, 5) is 50.6. The summed E-state index contributed by atoms with van der Waals surface area (Å²) in [5.74, 6) is -1.92. The summed E-state index contributed by atoms with van der Waals surface area (Å²) in [5, 5.41) is 23.1. The van der Waals surface area contributed by atoms with Crippen molar-refractivity contribution in [2.45, 2.75) is 63.7 Å². The second-order valence-corrected chi connectivity index (χ2v) is 8.84. The van der Waals surface area contributed by atoms with E-state index in [0.29, 0.717) is 38.0 Å². The van der Waals surface area contributed by atoms with Crippen LogP contribution < -0.4 is 16.4 Å². The van der Waals surface area contributed by atoms with Gasteiger partial charge in [-0.3, -0.25) is 14.4 Å². The molecule has 0 radical (unpaired) electrons.